The fourth-order valence-corrected chi connectivity index (χ4v) is 3.06. The predicted molar refractivity (Wildman–Crippen MR) is 77.5 cm³/mol. The van der Waals surface area contributed by atoms with Gasteiger partial charge in [0.15, 0.2) is 0 Å². The number of rotatable bonds is 5. The van der Waals surface area contributed by atoms with Gasteiger partial charge in [0.2, 0.25) is 5.91 Å². The highest BCUT2D eigenvalue weighted by Crippen LogP contribution is 2.28. The zero-order valence-electron chi connectivity index (χ0n) is 10.4. The minimum atomic E-state index is 0.105. The molecule has 0 atom stereocenters. The summed E-state index contributed by atoms with van der Waals surface area (Å²) < 4.78 is 0.769. The van der Waals surface area contributed by atoms with Gasteiger partial charge < -0.3 is 4.90 Å². The van der Waals surface area contributed by atoms with Gasteiger partial charge in [0.25, 0.3) is 0 Å². The Morgan fingerprint density at radius 1 is 1.44 bits per heavy atom. The second-order valence-electron chi connectivity index (χ2n) is 3.58. The van der Waals surface area contributed by atoms with Crippen molar-refractivity contribution in [1.82, 2.24) is 4.90 Å². The molecule has 0 unspecified atom stereocenters. The van der Waals surface area contributed by atoms with Crippen molar-refractivity contribution in [1.29, 1.82) is 5.26 Å². The molecule has 1 amide bonds. The molecule has 0 saturated heterocycles. The lowest BCUT2D eigenvalue weighted by atomic mass is 10.2. The van der Waals surface area contributed by atoms with Crippen LogP contribution in [0.1, 0.15) is 19.4 Å². The summed E-state index contributed by atoms with van der Waals surface area (Å²) in [5, 5.41) is 9.08. The number of benzene rings is 1. The first-order chi connectivity index (χ1) is 8.63. The van der Waals surface area contributed by atoms with Gasteiger partial charge in [0.05, 0.1) is 11.3 Å². The molecule has 96 valence electrons. The van der Waals surface area contributed by atoms with E-state index in [0.717, 1.165) is 22.5 Å². The van der Waals surface area contributed by atoms with Crippen molar-refractivity contribution < 1.29 is 4.79 Å². The van der Waals surface area contributed by atoms with Crippen molar-refractivity contribution >= 4 is 33.6 Å². The fourth-order valence-electron chi connectivity index (χ4n) is 1.54. The van der Waals surface area contributed by atoms with Crippen LogP contribution in [0.5, 0.6) is 0 Å². The van der Waals surface area contributed by atoms with Crippen LogP contribution in [-0.2, 0) is 4.79 Å². The lowest BCUT2D eigenvalue weighted by Gasteiger charge is -2.18. The predicted octanol–water partition coefficient (Wildman–Crippen LogP) is 3.28. The minimum Gasteiger partial charge on any atom is -0.343 e. The largest absolute Gasteiger partial charge is 0.343 e. The molecule has 1 aromatic carbocycles. The van der Waals surface area contributed by atoms with E-state index < -0.39 is 0 Å². The summed E-state index contributed by atoms with van der Waals surface area (Å²) in [5.41, 5.74) is 0.592. The first-order valence-corrected chi connectivity index (χ1v) is 7.51. The van der Waals surface area contributed by atoms with Crippen LogP contribution >= 0.6 is 27.7 Å². The molecule has 0 aliphatic rings. The molecule has 0 aromatic heterocycles. The average Bonchev–Trinajstić information content (AvgIpc) is 2.37. The normalized spacial score (nSPS) is 9.89. The number of amides is 1. The Kier molecular flexibility index (Phi) is 6.23. The van der Waals surface area contributed by atoms with Gasteiger partial charge in [-0.15, -0.1) is 11.8 Å². The molecule has 18 heavy (non-hydrogen) atoms. The minimum absolute atomic E-state index is 0.105. The van der Waals surface area contributed by atoms with Gasteiger partial charge in [-0.05, 0) is 41.9 Å². The second-order valence-corrected chi connectivity index (χ2v) is 5.45. The molecule has 5 heteroatoms. The van der Waals surface area contributed by atoms with Gasteiger partial charge in [-0.25, -0.2) is 0 Å². The van der Waals surface area contributed by atoms with Crippen molar-refractivity contribution in [3.63, 3.8) is 0 Å². The summed E-state index contributed by atoms with van der Waals surface area (Å²) >= 11 is 4.75. The Bertz CT molecular complexity index is 467. The van der Waals surface area contributed by atoms with Gasteiger partial charge in [-0.3, -0.25) is 4.79 Å². The molecule has 3 nitrogen and oxygen atoms in total. The molecule has 0 heterocycles. The number of nitriles is 1. The third-order valence-corrected chi connectivity index (χ3v) is 4.26. The summed E-state index contributed by atoms with van der Waals surface area (Å²) in [5.74, 6) is 0.473. The fraction of sp³-hybridized carbons (Fsp3) is 0.385. The quantitative estimate of drug-likeness (QED) is 0.780. The van der Waals surface area contributed by atoms with Crippen LogP contribution < -0.4 is 0 Å². The van der Waals surface area contributed by atoms with Crippen LogP contribution in [0.2, 0.25) is 0 Å². The molecule has 0 bridgehead atoms. The Labute approximate surface area is 120 Å². The molecule has 0 radical (unpaired) electrons. The van der Waals surface area contributed by atoms with Crippen LogP contribution in [0.4, 0.5) is 0 Å². The topological polar surface area (TPSA) is 44.1 Å². The summed E-state index contributed by atoms with van der Waals surface area (Å²) in [6, 6.07) is 7.72. The van der Waals surface area contributed by atoms with Crippen molar-refractivity contribution in [3.05, 3.63) is 28.2 Å². The van der Waals surface area contributed by atoms with E-state index in [-0.39, 0.29) is 5.91 Å². The van der Waals surface area contributed by atoms with E-state index in [1.54, 1.807) is 4.90 Å². The third-order valence-electron chi connectivity index (χ3n) is 2.55. The summed E-state index contributed by atoms with van der Waals surface area (Å²) in [4.78, 5) is 14.5. The van der Waals surface area contributed by atoms with Gasteiger partial charge in [0.1, 0.15) is 6.07 Å². The Hall–Kier alpha value is -0.990. The molecule has 0 N–H and O–H groups in total. The standard InChI is InChI=1S/C13H15BrN2OS/c1-3-16(4-2)13(17)9-18-12-7-5-6-11(14)10(12)8-15/h5-7H,3-4,9H2,1-2H3. The number of hydrogen-bond donors (Lipinski definition) is 0. The van der Waals surface area contributed by atoms with Gasteiger partial charge in [0, 0.05) is 22.5 Å². The summed E-state index contributed by atoms with van der Waals surface area (Å²) in [7, 11) is 0. The lowest BCUT2D eigenvalue weighted by molar-refractivity contribution is -0.127. The molecule has 1 aromatic rings. The van der Waals surface area contributed by atoms with E-state index in [1.165, 1.54) is 11.8 Å². The lowest BCUT2D eigenvalue weighted by Crippen LogP contribution is -2.31. The highest BCUT2D eigenvalue weighted by Gasteiger charge is 2.12. The molecule has 0 spiro atoms. The SMILES string of the molecule is CCN(CC)C(=O)CSc1cccc(Br)c1C#N. The molecule has 0 aliphatic carbocycles. The summed E-state index contributed by atoms with van der Waals surface area (Å²) in [6.45, 7) is 5.37. The zero-order chi connectivity index (χ0) is 13.5. The third kappa shape index (κ3) is 3.76. The van der Waals surface area contributed by atoms with Crippen molar-refractivity contribution in [3.8, 4) is 6.07 Å². The van der Waals surface area contributed by atoms with Crippen molar-refractivity contribution in [2.24, 2.45) is 0 Å². The highest BCUT2D eigenvalue weighted by molar-refractivity contribution is 9.10. The Balaban J connectivity index is 2.73. The van der Waals surface area contributed by atoms with Crippen LogP contribution in [0, 0.1) is 11.3 Å². The van der Waals surface area contributed by atoms with E-state index in [1.807, 2.05) is 32.0 Å². The number of carbonyl (C=O) groups is 1. The van der Waals surface area contributed by atoms with E-state index in [0.29, 0.717) is 11.3 Å². The second kappa shape index (κ2) is 7.45. The van der Waals surface area contributed by atoms with E-state index in [9.17, 15) is 4.79 Å². The first kappa shape index (κ1) is 15.1. The zero-order valence-corrected chi connectivity index (χ0v) is 12.8. The maximum atomic E-state index is 11.9. The van der Waals surface area contributed by atoms with Crippen molar-refractivity contribution in [2.75, 3.05) is 18.8 Å². The maximum Gasteiger partial charge on any atom is 0.232 e. The van der Waals surface area contributed by atoms with Crippen LogP contribution in [0.25, 0.3) is 0 Å². The number of nitrogens with zero attached hydrogens (tertiary/aromatic N) is 2. The van der Waals surface area contributed by atoms with E-state index in [4.69, 9.17) is 5.26 Å². The molecule has 0 fully saturated rings. The van der Waals surface area contributed by atoms with Gasteiger partial charge in [-0.2, -0.15) is 5.26 Å². The van der Waals surface area contributed by atoms with Crippen LogP contribution in [-0.4, -0.2) is 29.6 Å². The monoisotopic (exact) mass is 326 g/mol. The van der Waals surface area contributed by atoms with Crippen LogP contribution in [0.15, 0.2) is 27.6 Å². The molecular formula is C13H15BrN2OS. The number of carbonyl (C=O) groups excluding carboxylic acids is 1. The molecule has 0 aliphatic heterocycles. The summed E-state index contributed by atoms with van der Waals surface area (Å²) in [6.07, 6.45) is 0. The number of halogens is 1. The Morgan fingerprint density at radius 3 is 2.67 bits per heavy atom. The maximum absolute atomic E-state index is 11.9. The van der Waals surface area contributed by atoms with Crippen molar-refractivity contribution in [2.45, 2.75) is 18.7 Å². The number of hydrogen-bond acceptors (Lipinski definition) is 3. The molecule has 0 saturated carbocycles. The number of thioether (sulfide) groups is 1. The Morgan fingerprint density at radius 2 is 2.11 bits per heavy atom. The average molecular weight is 327 g/mol. The molecule has 1 rings (SSSR count). The van der Waals surface area contributed by atoms with Gasteiger partial charge in [-0.1, -0.05) is 6.07 Å². The highest BCUT2D eigenvalue weighted by atomic mass is 79.9. The molecular weight excluding hydrogens is 312 g/mol. The first-order valence-electron chi connectivity index (χ1n) is 5.73. The van der Waals surface area contributed by atoms with E-state index in [2.05, 4.69) is 22.0 Å². The van der Waals surface area contributed by atoms with Crippen LogP contribution in [0.3, 0.4) is 0 Å². The van der Waals surface area contributed by atoms with E-state index >= 15 is 0 Å². The smallest absolute Gasteiger partial charge is 0.232 e. The van der Waals surface area contributed by atoms with Gasteiger partial charge >= 0.3 is 0 Å².